The Morgan fingerprint density at radius 1 is 0.875 bits per heavy atom. The Morgan fingerprint density at radius 2 is 1.34 bits per heavy atom. The summed E-state index contributed by atoms with van der Waals surface area (Å²) in [4.78, 5) is 31.5. The predicted octanol–water partition coefficient (Wildman–Crippen LogP) is 3.23. The van der Waals surface area contributed by atoms with Gasteiger partial charge in [0.1, 0.15) is 28.7 Å². The van der Waals surface area contributed by atoms with E-state index in [2.05, 4.69) is 4.98 Å². The van der Waals surface area contributed by atoms with E-state index < -0.39 is 24.2 Å². The summed E-state index contributed by atoms with van der Waals surface area (Å²) in [5, 5.41) is 9.31. The van der Waals surface area contributed by atoms with Crippen molar-refractivity contribution in [2.45, 2.75) is 6.61 Å². The summed E-state index contributed by atoms with van der Waals surface area (Å²) >= 11 is 0. The van der Waals surface area contributed by atoms with Crippen molar-refractivity contribution in [2.24, 2.45) is 0 Å². The molecule has 1 N–H and O–H groups in total. The minimum Gasteiger partial charge on any atom is -0.497 e. The SMILES string of the molecule is COc1ccc(C(=O)N(C(=O)c2ccc(OC)cc2)c2cc(F)c(CO)nc2OC)cc1. The first-order valence-electron chi connectivity index (χ1n) is 9.44. The van der Waals surface area contributed by atoms with Gasteiger partial charge in [0.15, 0.2) is 0 Å². The second kappa shape index (κ2) is 9.88. The molecular weight excluding hydrogens is 419 g/mol. The molecule has 0 aliphatic heterocycles. The third kappa shape index (κ3) is 4.52. The number of hydrogen-bond donors (Lipinski definition) is 1. The minimum atomic E-state index is -0.890. The van der Waals surface area contributed by atoms with Crippen molar-refractivity contribution < 1.29 is 33.3 Å². The number of aromatic nitrogens is 1. The highest BCUT2D eigenvalue weighted by Gasteiger charge is 2.30. The summed E-state index contributed by atoms with van der Waals surface area (Å²) < 4.78 is 29.9. The van der Waals surface area contributed by atoms with Gasteiger partial charge in [-0.3, -0.25) is 9.59 Å². The van der Waals surface area contributed by atoms with Crippen LogP contribution in [0.3, 0.4) is 0 Å². The highest BCUT2D eigenvalue weighted by Crippen LogP contribution is 2.31. The number of pyridine rings is 1. The maximum atomic E-state index is 14.5. The smallest absolute Gasteiger partial charge is 0.265 e. The van der Waals surface area contributed by atoms with Crippen molar-refractivity contribution in [3.8, 4) is 17.4 Å². The van der Waals surface area contributed by atoms with Gasteiger partial charge in [-0.2, -0.15) is 0 Å². The monoisotopic (exact) mass is 440 g/mol. The van der Waals surface area contributed by atoms with Gasteiger partial charge in [0.05, 0.1) is 27.9 Å². The number of amides is 2. The van der Waals surface area contributed by atoms with E-state index >= 15 is 0 Å². The molecule has 0 radical (unpaired) electrons. The molecule has 0 saturated heterocycles. The third-order valence-corrected chi connectivity index (χ3v) is 4.66. The number of imide groups is 1. The molecule has 32 heavy (non-hydrogen) atoms. The van der Waals surface area contributed by atoms with E-state index in [0.717, 1.165) is 11.0 Å². The van der Waals surface area contributed by atoms with Crippen LogP contribution >= 0.6 is 0 Å². The van der Waals surface area contributed by atoms with E-state index in [-0.39, 0.29) is 28.4 Å². The highest BCUT2D eigenvalue weighted by molar-refractivity contribution is 6.26. The summed E-state index contributed by atoms with van der Waals surface area (Å²) in [6.07, 6.45) is 0. The Labute approximate surface area is 183 Å². The number of carbonyl (C=O) groups excluding carboxylic acids is 2. The van der Waals surface area contributed by atoms with Gasteiger partial charge >= 0.3 is 0 Å². The molecule has 0 unspecified atom stereocenters. The van der Waals surface area contributed by atoms with Gasteiger partial charge in [-0.25, -0.2) is 14.3 Å². The topological polar surface area (TPSA) is 98.2 Å². The van der Waals surface area contributed by atoms with Crippen LogP contribution in [-0.2, 0) is 6.61 Å². The first-order valence-corrected chi connectivity index (χ1v) is 9.44. The van der Waals surface area contributed by atoms with Crippen molar-refractivity contribution in [2.75, 3.05) is 26.2 Å². The lowest BCUT2D eigenvalue weighted by Gasteiger charge is -2.23. The normalized spacial score (nSPS) is 10.4. The van der Waals surface area contributed by atoms with Crippen molar-refractivity contribution in [3.05, 3.63) is 77.2 Å². The zero-order valence-electron chi connectivity index (χ0n) is 17.7. The molecule has 1 aromatic heterocycles. The zero-order valence-corrected chi connectivity index (χ0v) is 17.7. The molecule has 166 valence electrons. The second-order valence-electron chi connectivity index (χ2n) is 6.51. The Balaban J connectivity index is 2.15. The number of carbonyl (C=O) groups is 2. The van der Waals surface area contributed by atoms with Crippen LogP contribution in [0, 0.1) is 5.82 Å². The Bertz CT molecular complexity index is 1060. The summed E-state index contributed by atoms with van der Waals surface area (Å²) in [6.45, 7) is -0.679. The number of nitrogens with zero attached hydrogens (tertiary/aromatic N) is 2. The van der Waals surface area contributed by atoms with Gasteiger partial charge < -0.3 is 19.3 Å². The van der Waals surface area contributed by atoms with Crippen LogP contribution in [0.5, 0.6) is 17.4 Å². The molecule has 0 fully saturated rings. The number of hydrogen-bond acceptors (Lipinski definition) is 7. The van der Waals surface area contributed by atoms with Crippen LogP contribution in [0.4, 0.5) is 10.1 Å². The van der Waals surface area contributed by atoms with Crippen LogP contribution in [0.2, 0.25) is 0 Å². The quantitative estimate of drug-likeness (QED) is 0.563. The Morgan fingerprint density at radius 3 is 1.72 bits per heavy atom. The first kappa shape index (κ1) is 22.7. The largest absolute Gasteiger partial charge is 0.497 e. The second-order valence-corrected chi connectivity index (χ2v) is 6.51. The lowest BCUT2D eigenvalue weighted by molar-refractivity contribution is 0.0896. The number of aliphatic hydroxyl groups is 1. The number of ether oxygens (including phenoxy) is 3. The summed E-state index contributed by atoms with van der Waals surface area (Å²) in [7, 11) is 4.23. The van der Waals surface area contributed by atoms with Crippen LogP contribution < -0.4 is 19.1 Å². The number of aliphatic hydroxyl groups excluding tert-OH is 1. The lowest BCUT2D eigenvalue weighted by Crippen LogP contribution is -2.37. The molecule has 0 saturated carbocycles. The van der Waals surface area contributed by atoms with Gasteiger partial charge in [0, 0.05) is 17.2 Å². The van der Waals surface area contributed by atoms with Crippen LogP contribution in [-0.4, -0.2) is 43.2 Å². The Kier molecular flexibility index (Phi) is 7.01. The molecule has 2 amide bonds. The van der Waals surface area contributed by atoms with Gasteiger partial charge in [0.25, 0.3) is 11.8 Å². The number of halogens is 1. The molecule has 3 aromatic rings. The highest BCUT2D eigenvalue weighted by atomic mass is 19.1. The van der Waals surface area contributed by atoms with E-state index in [4.69, 9.17) is 14.2 Å². The molecule has 1 heterocycles. The third-order valence-electron chi connectivity index (χ3n) is 4.66. The molecule has 9 heteroatoms. The average Bonchev–Trinajstić information content (AvgIpc) is 2.84. The molecule has 8 nitrogen and oxygen atoms in total. The fraction of sp³-hybridized carbons (Fsp3) is 0.174. The van der Waals surface area contributed by atoms with Crippen LogP contribution in [0.25, 0.3) is 0 Å². The van der Waals surface area contributed by atoms with E-state index in [1.165, 1.54) is 45.6 Å². The van der Waals surface area contributed by atoms with E-state index in [1.807, 2.05) is 0 Å². The van der Waals surface area contributed by atoms with Crippen molar-refractivity contribution in [1.82, 2.24) is 4.98 Å². The van der Waals surface area contributed by atoms with Gasteiger partial charge in [-0.1, -0.05) is 0 Å². The first-order chi connectivity index (χ1) is 15.4. The molecular formula is C23H21FN2O6. The van der Waals surface area contributed by atoms with E-state index in [1.54, 1.807) is 24.3 Å². The number of anilines is 1. The summed E-state index contributed by atoms with van der Waals surface area (Å²) in [5.41, 5.74) is -0.175. The van der Waals surface area contributed by atoms with E-state index in [0.29, 0.717) is 11.5 Å². The minimum absolute atomic E-state index is 0.154. The van der Waals surface area contributed by atoms with Gasteiger partial charge in [0.2, 0.25) is 5.88 Å². The number of benzene rings is 2. The summed E-state index contributed by atoms with van der Waals surface area (Å²) in [5.74, 6) is -1.51. The molecule has 0 bridgehead atoms. The molecule has 3 rings (SSSR count). The van der Waals surface area contributed by atoms with Crippen molar-refractivity contribution in [3.63, 3.8) is 0 Å². The molecule has 2 aromatic carbocycles. The summed E-state index contributed by atoms with van der Waals surface area (Å²) in [6, 6.07) is 13.1. The average molecular weight is 440 g/mol. The number of methoxy groups -OCH3 is 3. The van der Waals surface area contributed by atoms with Crippen molar-refractivity contribution in [1.29, 1.82) is 0 Å². The van der Waals surface area contributed by atoms with Crippen molar-refractivity contribution >= 4 is 17.5 Å². The maximum absolute atomic E-state index is 14.5. The van der Waals surface area contributed by atoms with E-state index in [9.17, 15) is 19.1 Å². The van der Waals surface area contributed by atoms with Crippen LogP contribution in [0.15, 0.2) is 54.6 Å². The maximum Gasteiger partial charge on any atom is 0.265 e. The number of rotatable bonds is 7. The lowest BCUT2D eigenvalue weighted by atomic mass is 10.1. The standard InChI is InChI=1S/C23H21FN2O6/c1-30-16-8-4-14(5-9-16)22(28)26(23(29)15-6-10-17(31-2)11-7-15)20-12-18(24)19(13-27)25-21(20)32-3/h4-12,27H,13H2,1-3H3. The predicted molar refractivity (Wildman–Crippen MR) is 114 cm³/mol. The fourth-order valence-electron chi connectivity index (χ4n) is 2.96. The van der Waals surface area contributed by atoms with Crippen LogP contribution in [0.1, 0.15) is 26.4 Å². The molecule has 0 aliphatic rings. The van der Waals surface area contributed by atoms with Gasteiger partial charge in [-0.15, -0.1) is 0 Å². The Hall–Kier alpha value is -3.98. The molecule has 0 aliphatic carbocycles. The fourth-order valence-corrected chi connectivity index (χ4v) is 2.96. The molecule has 0 atom stereocenters. The zero-order chi connectivity index (χ0) is 23.3. The van der Waals surface area contributed by atoms with Gasteiger partial charge in [-0.05, 0) is 48.5 Å². The molecule has 0 spiro atoms.